The van der Waals surface area contributed by atoms with Gasteiger partial charge in [0.05, 0.1) is 11.0 Å². The molecule has 0 aliphatic carbocycles. The predicted octanol–water partition coefficient (Wildman–Crippen LogP) is 3.00. The Morgan fingerprint density at radius 2 is 1.89 bits per heavy atom. The number of likely N-dealkylation sites (N-methyl/N-ethyl adjacent to an activating group) is 1. The Bertz CT molecular complexity index is 999. The van der Waals surface area contributed by atoms with Gasteiger partial charge in [-0.25, -0.2) is 9.78 Å². The summed E-state index contributed by atoms with van der Waals surface area (Å²) in [4.78, 5) is 23.5. The molecule has 0 spiro atoms. The third-order valence-corrected chi connectivity index (χ3v) is 5.15. The molecule has 2 heterocycles. The Labute approximate surface area is 164 Å². The summed E-state index contributed by atoms with van der Waals surface area (Å²) in [5, 5.41) is 8.70. The van der Waals surface area contributed by atoms with E-state index in [-0.39, 0.29) is 0 Å². The highest BCUT2D eigenvalue weighted by molar-refractivity contribution is 5.85. The standard InChI is InChI=1S/C22H24N4O2/c1-25-10-12-26(13-11-25)18-7-8-19-20(15-18)24-21(23-19)14-17-4-2-16(3-5-17)6-9-22(27)28/h2-9,15H,10-14H2,1H3,(H,23,24)(H,27,28). The van der Waals surface area contributed by atoms with Crippen molar-refractivity contribution in [2.24, 2.45) is 0 Å². The van der Waals surface area contributed by atoms with Gasteiger partial charge < -0.3 is 19.9 Å². The number of rotatable bonds is 5. The third kappa shape index (κ3) is 4.23. The smallest absolute Gasteiger partial charge is 0.328 e. The zero-order chi connectivity index (χ0) is 19.5. The summed E-state index contributed by atoms with van der Waals surface area (Å²) in [6.45, 7) is 4.27. The molecular formula is C22H24N4O2. The first kappa shape index (κ1) is 18.3. The van der Waals surface area contributed by atoms with Gasteiger partial charge in [0.2, 0.25) is 0 Å². The number of nitrogens with zero attached hydrogens (tertiary/aromatic N) is 3. The monoisotopic (exact) mass is 376 g/mol. The number of nitrogens with one attached hydrogen (secondary N) is 1. The van der Waals surface area contributed by atoms with E-state index in [4.69, 9.17) is 10.1 Å². The zero-order valence-electron chi connectivity index (χ0n) is 15.9. The van der Waals surface area contributed by atoms with Crippen molar-refractivity contribution in [1.82, 2.24) is 14.9 Å². The van der Waals surface area contributed by atoms with Crippen molar-refractivity contribution in [2.75, 3.05) is 38.1 Å². The second kappa shape index (κ2) is 7.86. The van der Waals surface area contributed by atoms with Crippen LogP contribution in [0.4, 0.5) is 5.69 Å². The van der Waals surface area contributed by atoms with Crippen molar-refractivity contribution in [3.05, 3.63) is 65.5 Å². The minimum atomic E-state index is -0.942. The predicted molar refractivity (Wildman–Crippen MR) is 112 cm³/mol. The van der Waals surface area contributed by atoms with E-state index in [1.165, 1.54) is 5.69 Å². The minimum absolute atomic E-state index is 0.710. The molecule has 0 unspecified atom stereocenters. The van der Waals surface area contributed by atoms with Crippen LogP contribution in [-0.2, 0) is 11.2 Å². The topological polar surface area (TPSA) is 72.5 Å². The lowest BCUT2D eigenvalue weighted by Crippen LogP contribution is -2.44. The average Bonchev–Trinajstić information content (AvgIpc) is 3.09. The number of piperazine rings is 1. The van der Waals surface area contributed by atoms with Crippen LogP contribution in [0.15, 0.2) is 48.5 Å². The van der Waals surface area contributed by atoms with Gasteiger partial charge in [0.25, 0.3) is 0 Å². The van der Waals surface area contributed by atoms with Gasteiger partial charge in [-0.15, -0.1) is 0 Å². The average molecular weight is 376 g/mol. The van der Waals surface area contributed by atoms with E-state index in [1.807, 2.05) is 24.3 Å². The van der Waals surface area contributed by atoms with Crippen molar-refractivity contribution in [3.63, 3.8) is 0 Å². The summed E-state index contributed by atoms with van der Waals surface area (Å²) in [6, 6.07) is 14.3. The van der Waals surface area contributed by atoms with Gasteiger partial charge >= 0.3 is 5.97 Å². The van der Waals surface area contributed by atoms with Crippen LogP contribution in [0.1, 0.15) is 17.0 Å². The molecule has 4 rings (SSSR count). The number of anilines is 1. The van der Waals surface area contributed by atoms with Crippen LogP contribution in [0.5, 0.6) is 0 Å². The van der Waals surface area contributed by atoms with E-state index in [9.17, 15) is 4.79 Å². The maximum absolute atomic E-state index is 10.6. The summed E-state index contributed by atoms with van der Waals surface area (Å²) in [6.07, 6.45) is 3.45. The fraction of sp³-hybridized carbons (Fsp3) is 0.273. The molecule has 1 aliphatic rings. The van der Waals surface area contributed by atoms with E-state index >= 15 is 0 Å². The summed E-state index contributed by atoms with van der Waals surface area (Å²) in [5.41, 5.74) is 5.28. The molecule has 1 fully saturated rings. The second-order valence-corrected chi connectivity index (χ2v) is 7.27. The van der Waals surface area contributed by atoms with Crippen molar-refractivity contribution >= 4 is 28.8 Å². The number of aliphatic carboxylic acids is 1. The van der Waals surface area contributed by atoms with Crippen molar-refractivity contribution in [2.45, 2.75) is 6.42 Å². The van der Waals surface area contributed by atoms with Crippen LogP contribution in [0.2, 0.25) is 0 Å². The molecule has 0 radical (unpaired) electrons. The molecule has 3 aromatic rings. The molecule has 28 heavy (non-hydrogen) atoms. The number of aromatic amines is 1. The molecule has 6 nitrogen and oxygen atoms in total. The van der Waals surface area contributed by atoms with Crippen LogP contribution in [0, 0.1) is 0 Å². The number of carboxylic acids is 1. The van der Waals surface area contributed by atoms with E-state index in [2.05, 4.69) is 40.0 Å². The highest BCUT2D eigenvalue weighted by atomic mass is 16.4. The van der Waals surface area contributed by atoms with Gasteiger partial charge in [-0.1, -0.05) is 24.3 Å². The lowest BCUT2D eigenvalue weighted by Gasteiger charge is -2.34. The number of H-pyrrole nitrogens is 1. The number of benzene rings is 2. The molecular weight excluding hydrogens is 352 g/mol. The molecule has 0 bridgehead atoms. The van der Waals surface area contributed by atoms with Crippen LogP contribution in [0.3, 0.4) is 0 Å². The maximum atomic E-state index is 10.6. The summed E-state index contributed by atoms with van der Waals surface area (Å²) < 4.78 is 0. The van der Waals surface area contributed by atoms with Gasteiger partial charge in [0, 0.05) is 44.4 Å². The highest BCUT2D eigenvalue weighted by Gasteiger charge is 2.15. The molecule has 0 atom stereocenters. The van der Waals surface area contributed by atoms with E-state index in [0.29, 0.717) is 6.42 Å². The Morgan fingerprint density at radius 1 is 1.14 bits per heavy atom. The van der Waals surface area contributed by atoms with Gasteiger partial charge in [-0.05, 0) is 42.4 Å². The Hall–Kier alpha value is -3.12. The number of fused-ring (bicyclic) bond motifs is 1. The van der Waals surface area contributed by atoms with Crippen molar-refractivity contribution < 1.29 is 9.90 Å². The third-order valence-electron chi connectivity index (χ3n) is 5.15. The number of carbonyl (C=O) groups is 1. The van der Waals surface area contributed by atoms with Crippen LogP contribution < -0.4 is 4.90 Å². The molecule has 2 aromatic carbocycles. The lowest BCUT2D eigenvalue weighted by atomic mass is 10.1. The normalized spacial score (nSPS) is 15.5. The first-order valence-electron chi connectivity index (χ1n) is 9.49. The van der Waals surface area contributed by atoms with E-state index < -0.39 is 5.97 Å². The fourth-order valence-corrected chi connectivity index (χ4v) is 3.50. The van der Waals surface area contributed by atoms with Gasteiger partial charge in [-0.2, -0.15) is 0 Å². The van der Waals surface area contributed by atoms with E-state index in [1.54, 1.807) is 6.08 Å². The first-order chi connectivity index (χ1) is 13.6. The molecule has 2 N–H and O–H groups in total. The number of hydrogen-bond acceptors (Lipinski definition) is 4. The quantitative estimate of drug-likeness (QED) is 0.670. The van der Waals surface area contributed by atoms with Crippen LogP contribution in [-0.4, -0.2) is 59.2 Å². The Balaban J connectivity index is 1.48. The maximum Gasteiger partial charge on any atom is 0.328 e. The Kier molecular flexibility index (Phi) is 5.12. The van der Waals surface area contributed by atoms with Crippen molar-refractivity contribution in [1.29, 1.82) is 0 Å². The summed E-state index contributed by atoms with van der Waals surface area (Å²) in [7, 11) is 2.16. The minimum Gasteiger partial charge on any atom is -0.478 e. The second-order valence-electron chi connectivity index (χ2n) is 7.27. The number of hydrogen-bond donors (Lipinski definition) is 2. The molecule has 0 saturated carbocycles. The molecule has 1 aromatic heterocycles. The lowest BCUT2D eigenvalue weighted by molar-refractivity contribution is -0.131. The first-order valence-corrected chi connectivity index (χ1v) is 9.49. The summed E-state index contributed by atoms with van der Waals surface area (Å²) in [5.74, 6) is -0.0124. The van der Waals surface area contributed by atoms with Gasteiger partial charge in [-0.3, -0.25) is 0 Å². The molecule has 1 saturated heterocycles. The molecule has 144 valence electrons. The molecule has 1 aliphatic heterocycles. The SMILES string of the molecule is CN1CCN(c2ccc3nc(Cc4ccc(C=CC(=O)O)cc4)[nH]c3c2)CC1. The summed E-state index contributed by atoms with van der Waals surface area (Å²) >= 11 is 0. The molecule has 6 heteroatoms. The van der Waals surface area contributed by atoms with E-state index in [0.717, 1.165) is 60.2 Å². The zero-order valence-corrected chi connectivity index (χ0v) is 15.9. The highest BCUT2D eigenvalue weighted by Crippen LogP contribution is 2.22. The number of aromatic nitrogens is 2. The van der Waals surface area contributed by atoms with Crippen molar-refractivity contribution in [3.8, 4) is 0 Å². The fourth-order valence-electron chi connectivity index (χ4n) is 3.50. The molecule has 0 amide bonds. The van der Waals surface area contributed by atoms with Crippen LogP contribution in [0.25, 0.3) is 17.1 Å². The number of carboxylic acid groups (broad SMARTS) is 1. The Morgan fingerprint density at radius 3 is 2.61 bits per heavy atom. The van der Waals surface area contributed by atoms with Gasteiger partial charge in [0.1, 0.15) is 5.82 Å². The largest absolute Gasteiger partial charge is 0.478 e. The number of imidazole rings is 1. The van der Waals surface area contributed by atoms with Gasteiger partial charge in [0.15, 0.2) is 0 Å². The van der Waals surface area contributed by atoms with Crippen LogP contribution >= 0.6 is 0 Å².